The molecule has 250 valence electrons. The average molecular weight is 639 g/mol. The first-order valence-electron chi connectivity index (χ1n) is 16.4. The van der Waals surface area contributed by atoms with Crippen molar-refractivity contribution in [2.24, 2.45) is 11.8 Å². The Morgan fingerprint density at radius 2 is 1.70 bits per heavy atom. The topological polar surface area (TPSA) is 167 Å². The molecule has 0 radical (unpaired) electrons. The maximum Gasteiger partial charge on any atom is 0.315 e. The summed E-state index contributed by atoms with van der Waals surface area (Å²) in [5.74, 6) is 1.81. The number of nitrogens with one attached hydrogen (secondary N) is 4. The molecule has 0 aromatic rings. The van der Waals surface area contributed by atoms with E-state index in [1.807, 2.05) is 17.8 Å². The molecular formula is C31H54N6O6S. The summed E-state index contributed by atoms with van der Waals surface area (Å²) in [6.07, 6.45) is 12.5. The number of thioether (sulfide) groups is 1. The van der Waals surface area contributed by atoms with Gasteiger partial charge in [-0.15, -0.1) is 0 Å². The molecule has 12 nitrogen and oxygen atoms in total. The molecule has 5 N–H and O–H groups in total. The van der Waals surface area contributed by atoms with E-state index >= 15 is 0 Å². The second-order valence-corrected chi connectivity index (χ2v) is 13.2. The third kappa shape index (κ3) is 14.4. The van der Waals surface area contributed by atoms with E-state index < -0.39 is 6.23 Å². The van der Waals surface area contributed by atoms with Gasteiger partial charge < -0.3 is 40.8 Å². The number of allylic oxidation sites excluding steroid dienone is 2. The average Bonchev–Trinajstić information content (AvgIpc) is 3.59. The largest absolute Gasteiger partial charge is 0.379 e. The van der Waals surface area contributed by atoms with Crippen LogP contribution in [-0.4, -0.2) is 110 Å². The van der Waals surface area contributed by atoms with Crippen molar-refractivity contribution >= 4 is 29.4 Å². The van der Waals surface area contributed by atoms with Crippen LogP contribution in [0, 0.1) is 11.8 Å². The third-order valence-corrected chi connectivity index (χ3v) is 9.97. The zero-order valence-electron chi connectivity index (χ0n) is 26.3. The number of aliphatic hydroxyl groups is 1. The van der Waals surface area contributed by atoms with Crippen LogP contribution in [0.4, 0.5) is 4.79 Å². The van der Waals surface area contributed by atoms with Gasteiger partial charge in [-0.1, -0.05) is 12.5 Å². The van der Waals surface area contributed by atoms with Crippen LogP contribution in [0.2, 0.25) is 0 Å². The molecule has 3 rings (SSSR count). The van der Waals surface area contributed by atoms with Gasteiger partial charge in [0.1, 0.15) is 6.23 Å². The summed E-state index contributed by atoms with van der Waals surface area (Å²) in [5.41, 5.74) is 9.34. The molecule has 0 aromatic carbocycles. The predicted molar refractivity (Wildman–Crippen MR) is 172 cm³/mol. The van der Waals surface area contributed by atoms with E-state index in [-0.39, 0.29) is 29.9 Å². The lowest BCUT2D eigenvalue weighted by molar-refractivity contribution is -0.121. The van der Waals surface area contributed by atoms with Crippen LogP contribution in [0.25, 0.3) is 5.53 Å². The van der Waals surface area contributed by atoms with Crippen LogP contribution in [0.3, 0.4) is 0 Å². The van der Waals surface area contributed by atoms with Crippen LogP contribution in [-0.2, 0) is 19.0 Å². The predicted octanol–water partition coefficient (Wildman–Crippen LogP) is 2.62. The van der Waals surface area contributed by atoms with E-state index in [0.29, 0.717) is 76.0 Å². The van der Waals surface area contributed by atoms with Gasteiger partial charge in [-0.05, 0) is 69.7 Å². The number of fused-ring (bicyclic) bond motifs is 1. The van der Waals surface area contributed by atoms with Gasteiger partial charge in [-0.25, -0.2) is 4.79 Å². The van der Waals surface area contributed by atoms with Crippen LogP contribution in [0.15, 0.2) is 12.2 Å². The first kappa shape index (κ1) is 36.5. The molecule has 0 spiro atoms. The van der Waals surface area contributed by atoms with Crippen molar-refractivity contribution in [3.63, 3.8) is 0 Å². The second-order valence-electron chi connectivity index (χ2n) is 11.9. The first-order valence-corrected chi connectivity index (χ1v) is 17.5. The molecule has 2 saturated heterocycles. The highest BCUT2D eigenvalue weighted by Gasteiger charge is 2.42. The van der Waals surface area contributed by atoms with Gasteiger partial charge in [0.15, 0.2) is 0 Å². The summed E-state index contributed by atoms with van der Waals surface area (Å²) in [7, 11) is 0. The fourth-order valence-corrected chi connectivity index (χ4v) is 7.40. The number of amides is 3. The highest BCUT2D eigenvalue weighted by molar-refractivity contribution is 8.00. The Balaban J connectivity index is 1.01. The quantitative estimate of drug-likeness (QED) is 0.0284. The minimum atomic E-state index is -0.484. The van der Waals surface area contributed by atoms with Crippen LogP contribution in [0.1, 0.15) is 71.1 Å². The van der Waals surface area contributed by atoms with Crippen molar-refractivity contribution in [1.82, 2.24) is 21.3 Å². The molecule has 1 aliphatic carbocycles. The van der Waals surface area contributed by atoms with Gasteiger partial charge in [0.25, 0.3) is 5.71 Å². The third-order valence-electron chi connectivity index (χ3n) is 8.46. The lowest BCUT2D eigenvalue weighted by atomic mass is 9.81. The molecular weight excluding hydrogens is 584 g/mol. The summed E-state index contributed by atoms with van der Waals surface area (Å²) in [5, 5.41) is 23.0. The van der Waals surface area contributed by atoms with Crippen molar-refractivity contribution in [2.75, 3.05) is 58.5 Å². The summed E-state index contributed by atoms with van der Waals surface area (Å²) in [4.78, 5) is 26.7. The zero-order valence-corrected chi connectivity index (χ0v) is 27.2. The Morgan fingerprint density at radius 3 is 2.41 bits per heavy atom. The highest BCUT2D eigenvalue weighted by atomic mass is 32.2. The minimum absolute atomic E-state index is 0.0539. The van der Waals surface area contributed by atoms with Gasteiger partial charge in [-0.2, -0.15) is 16.6 Å². The zero-order chi connectivity index (χ0) is 31.4. The number of aliphatic hydroxyl groups excluding tert-OH is 1. The molecule has 3 fully saturated rings. The van der Waals surface area contributed by atoms with E-state index in [2.05, 4.69) is 32.1 Å². The summed E-state index contributed by atoms with van der Waals surface area (Å²) < 4.78 is 16.7. The molecule has 1 saturated carbocycles. The number of unbranched alkanes of at least 4 members (excludes halogenated alkanes) is 1. The van der Waals surface area contributed by atoms with Crippen molar-refractivity contribution in [2.45, 2.75) is 94.7 Å². The molecule has 2 aliphatic heterocycles. The molecule has 4 unspecified atom stereocenters. The van der Waals surface area contributed by atoms with E-state index in [9.17, 15) is 14.7 Å². The van der Waals surface area contributed by atoms with Gasteiger partial charge in [-0.3, -0.25) is 10.1 Å². The molecule has 3 amide bonds. The van der Waals surface area contributed by atoms with Crippen LogP contribution >= 0.6 is 11.8 Å². The summed E-state index contributed by atoms with van der Waals surface area (Å²) in [6.45, 7) is 6.36. The van der Waals surface area contributed by atoms with Crippen molar-refractivity contribution in [3.05, 3.63) is 17.7 Å². The van der Waals surface area contributed by atoms with Crippen molar-refractivity contribution < 1.29 is 33.7 Å². The van der Waals surface area contributed by atoms with Gasteiger partial charge in [0, 0.05) is 50.2 Å². The Kier molecular flexibility index (Phi) is 18.0. The smallest absolute Gasteiger partial charge is 0.315 e. The Labute approximate surface area is 266 Å². The molecule has 0 bridgehead atoms. The number of hydrogen-bond acceptors (Lipinski definition) is 8. The van der Waals surface area contributed by atoms with E-state index in [4.69, 9.17) is 19.7 Å². The van der Waals surface area contributed by atoms with Crippen molar-refractivity contribution in [1.29, 1.82) is 0 Å². The highest BCUT2D eigenvalue weighted by Crippen LogP contribution is 2.33. The minimum Gasteiger partial charge on any atom is -0.379 e. The number of carbonyl (C=O) groups excluding carboxylic acids is 2. The maximum atomic E-state index is 12.0. The molecule has 4 atom stereocenters. The van der Waals surface area contributed by atoms with Gasteiger partial charge in [0.05, 0.1) is 38.5 Å². The number of urea groups is 1. The fraction of sp³-hybridized carbons (Fsp3) is 0.839. The van der Waals surface area contributed by atoms with Crippen LogP contribution < -0.4 is 21.3 Å². The van der Waals surface area contributed by atoms with E-state index in [0.717, 1.165) is 63.5 Å². The van der Waals surface area contributed by atoms with Gasteiger partial charge >= 0.3 is 6.03 Å². The fourth-order valence-electron chi connectivity index (χ4n) is 5.86. The van der Waals surface area contributed by atoms with E-state index in [1.54, 1.807) is 6.92 Å². The standard InChI is InChI=1S/C31H54N6O6S/c1-23(37-32)8-9-24-10-12-25(13-11-24)30(39)34-15-5-17-42-19-21-43-20-18-41-16-4-14-33-28(38)7-3-2-6-27-29-26(22-44-27)35-31(40)36-29/h8-9,24-27,29-30,34,39H,2-7,10-22H2,1H3,(H,33,38)(H2,35,36,40)/b9-8-. The lowest BCUT2D eigenvalue weighted by Gasteiger charge is -2.30. The monoisotopic (exact) mass is 638 g/mol. The Bertz CT molecular complexity index is 927. The number of carbonyl (C=O) groups is 2. The molecule has 2 heterocycles. The first-order chi connectivity index (χ1) is 21.5. The Hall–Kier alpha value is -1.99. The number of rotatable bonds is 23. The van der Waals surface area contributed by atoms with Crippen LogP contribution in [0.5, 0.6) is 0 Å². The summed E-state index contributed by atoms with van der Waals surface area (Å²) >= 11 is 1.91. The summed E-state index contributed by atoms with van der Waals surface area (Å²) in [6, 6.07) is 0.432. The molecule has 3 aliphatic rings. The normalized spacial score (nSPS) is 25.3. The number of nitrogens with zero attached hydrogens (tertiary/aromatic N) is 2. The molecule has 0 aromatic heterocycles. The lowest BCUT2D eigenvalue weighted by Crippen LogP contribution is -2.38. The molecule has 44 heavy (non-hydrogen) atoms. The van der Waals surface area contributed by atoms with Gasteiger partial charge in [0.2, 0.25) is 5.91 Å². The number of ether oxygens (including phenoxy) is 3. The number of hydrogen-bond donors (Lipinski definition) is 5. The SMILES string of the molecule is CC(/C=C\C1CCC(C(O)NCCCOCCOCCOCCCNC(=O)CCCCC2SCC3NC(=O)NC32)CC1)=[N+]=[N-]. The van der Waals surface area contributed by atoms with Crippen molar-refractivity contribution in [3.8, 4) is 0 Å². The molecule has 13 heteroatoms. The van der Waals surface area contributed by atoms with E-state index in [1.165, 1.54) is 0 Å². The Morgan fingerprint density at radius 1 is 1.02 bits per heavy atom. The maximum absolute atomic E-state index is 12.0. The second kappa shape index (κ2) is 21.7.